The molecule has 0 spiro atoms. The molecule has 5 nitrogen and oxygen atoms in total. The van der Waals surface area contributed by atoms with E-state index in [0.717, 1.165) is 35.1 Å². The third-order valence-electron chi connectivity index (χ3n) is 2.88. The lowest BCUT2D eigenvalue weighted by atomic mass is 10.2. The second-order valence-electron chi connectivity index (χ2n) is 4.42. The van der Waals surface area contributed by atoms with Crippen molar-refractivity contribution >= 4 is 0 Å². The summed E-state index contributed by atoms with van der Waals surface area (Å²) in [4.78, 5) is 8.43. The van der Waals surface area contributed by atoms with Crippen LogP contribution in [-0.4, -0.2) is 24.2 Å². The van der Waals surface area contributed by atoms with Gasteiger partial charge < -0.3 is 14.8 Å². The van der Waals surface area contributed by atoms with Gasteiger partial charge in [-0.2, -0.15) is 0 Å². The lowest BCUT2D eigenvalue weighted by Crippen LogP contribution is -2.14. The van der Waals surface area contributed by atoms with Gasteiger partial charge in [-0.15, -0.1) is 0 Å². The molecule has 0 aliphatic rings. The molecule has 0 saturated heterocycles. The van der Waals surface area contributed by atoms with Crippen molar-refractivity contribution in [2.24, 2.45) is 0 Å². The molecule has 106 valence electrons. The van der Waals surface area contributed by atoms with Crippen LogP contribution in [0.3, 0.4) is 0 Å². The maximum absolute atomic E-state index is 5.25. The van der Waals surface area contributed by atoms with Gasteiger partial charge in [0, 0.05) is 25.4 Å². The monoisotopic (exact) mass is 273 g/mol. The summed E-state index contributed by atoms with van der Waals surface area (Å²) < 4.78 is 10.5. The number of methoxy groups -OCH3 is 2. The molecule has 0 radical (unpaired) electrons. The van der Waals surface area contributed by atoms with Crippen molar-refractivity contribution in [3.63, 3.8) is 0 Å². The average Bonchev–Trinajstić information content (AvgIpc) is 2.47. The number of aryl methyl sites for hydroxylation is 1. The van der Waals surface area contributed by atoms with Crippen molar-refractivity contribution < 1.29 is 9.47 Å². The molecule has 0 unspecified atom stereocenters. The molecule has 20 heavy (non-hydrogen) atoms. The topological polar surface area (TPSA) is 56.3 Å². The molecule has 0 aliphatic carbocycles. The van der Waals surface area contributed by atoms with E-state index in [-0.39, 0.29) is 0 Å². The van der Waals surface area contributed by atoms with Gasteiger partial charge in [0.1, 0.15) is 17.3 Å². The summed E-state index contributed by atoms with van der Waals surface area (Å²) in [5.74, 6) is 2.37. The number of nitrogens with one attached hydrogen (secondary N) is 1. The smallest absolute Gasteiger partial charge is 0.125 e. The second kappa shape index (κ2) is 6.86. The first-order valence-corrected chi connectivity index (χ1v) is 6.42. The Morgan fingerprint density at radius 3 is 2.35 bits per heavy atom. The second-order valence-corrected chi connectivity index (χ2v) is 4.42. The van der Waals surface area contributed by atoms with Crippen LogP contribution in [0.4, 0.5) is 0 Å². The van der Waals surface area contributed by atoms with Crippen LogP contribution >= 0.6 is 0 Å². The number of rotatable bonds is 6. The summed E-state index contributed by atoms with van der Waals surface area (Å²) in [6.45, 7) is 3.30. The normalized spacial score (nSPS) is 10.3. The van der Waals surface area contributed by atoms with Gasteiger partial charge in [-0.25, -0.2) is 9.97 Å². The predicted molar refractivity (Wildman–Crippen MR) is 76.9 cm³/mol. The fourth-order valence-corrected chi connectivity index (χ4v) is 1.91. The molecule has 1 heterocycles. The Morgan fingerprint density at radius 1 is 1.05 bits per heavy atom. The van der Waals surface area contributed by atoms with Crippen LogP contribution in [0.2, 0.25) is 0 Å². The van der Waals surface area contributed by atoms with Crippen LogP contribution in [-0.2, 0) is 13.1 Å². The van der Waals surface area contributed by atoms with Gasteiger partial charge >= 0.3 is 0 Å². The summed E-state index contributed by atoms with van der Waals surface area (Å²) in [6.07, 6.45) is 1.77. The molecular formula is C15H19N3O2. The Morgan fingerprint density at radius 2 is 1.75 bits per heavy atom. The minimum Gasteiger partial charge on any atom is -0.497 e. The zero-order valence-corrected chi connectivity index (χ0v) is 12.0. The number of benzene rings is 1. The Balaban J connectivity index is 1.96. The first kappa shape index (κ1) is 14.3. The zero-order chi connectivity index (χ0) is 14.4. The van der Waals surface area contributed by atoms with Gasteiger partial charge in [-0.1, -0.05) is 0 Å². The van der Waals surface area contributed by atoms with Gasteiger partial charge in [0.2, 0.25) is 0 Å². The molecule has 1 N–H and O–H groups in total. The minimum atomic E-state index is 0.697. The Hall–Kier alpha value is -2.14. The highest BCUT2D eigenvalue weighted by molar-refractivity contribution is 5.38. The van der Waals surface area contributed by atoms with Crippen molar-refractivity contribution in [2.75, 3.05) is 14.2 Å². The number of hydrogen-bond acceptors (Lipinski definition) is 5. The van der Waals surface area contributed by atoms with Gasteiger partial charge in [-0.3, -0.25) is 0 Å². The van der Waals surface area contributed by atoms with Crippen LogP contribution in [0.1, 0.15) is 17.1 Å². The molecule has 2 aromatic rings. The number of hydrogen-bond donors (Lipinski definition) is 1. The maximum Gasteiger partial charge on any atom is 0.125 e. The van der Waals surface area contributed by atoms with E-state index < -0.39 is 0 Å². The Bertz CT molecular complexity index is 551. The first-order chi connectivity index (χ1) is 9.71. The van der Waals surface area contributed by atoms with Gasteiger partial charge in [-0.05, 0) is 30.7 Å². The van der Waals surface area contributed by atoms with E-state index in [1.54, 1.807) is 20.4 Å². The van der Waals surface area contributed by atoms with E-state index in [1.165, 1.54) is 0 Å². The van der Waals surface area contributed by atoms with Crippen LogP contribution in [0.5, 0.6) is 11.5 Å². The summed E-state index contributed by atoms with van der Waals surface area (Å²) in [5, 5.41) is 3.35. The van der Waals surface area contributed by atoms with E-state index in [0.29, 0.717) is 6.54 Å². The third-order valence-corrected chi connectivity index (χ3v) is 2.88. The van der Waals surface area contributed by atoms with Crippen molar-refractivity contribution in [1.29, 1.82) is 0 Å². The molecule has 1 aromatic heterocycles. The van der Waals surface area contributed by atoms with Gasteiger partial charge in [0.25, 0.3) is 0 Å². The Kier molecular flexibility index (Phi) is 4.90. The molecule has 0 bridgehead atoms. The highest BCUT2D eigenvalue weighted by atomic mass is 16.5. The highest BCUT2D eigenvalue weighted by Crippen LogP contribution is 2.22. The quantitative estimate of drug-likeness (QED) is 0.873. The third kappa shape index (κ3) is 3.93. The number of nitrogens with zero attached hydrogens (tertiary/aromatic N) is 2. The molecule has 0 fully saturated rings. The van der Waals surface area contributed by atoms with Gasteiger partial charge in [0.15, 0.2) is 0 Å². The fourth-order valence-electron chi connectivity index (χ4n) is 1.91. The molecule has 0 atom stereocenters. The summed E-state index contributed by atoms with van der Waals surface area (Å²) in [6, 6.07) is 7.74. The standard InChI is InChI=1S/C15H19N3O2/c1-11-17-5-4-13(18-11)10-16-9-12-6-14(19-2)8-15(7-12)20-3/h4-8,16H,9-10H2,1-3H3. The van der Waals surface area contributed by atoms with Crippen molar-refractivity contribution in [3.05, 3.63) is 47.5 Å². The molecule has 2 rings (SSSR count). The van der Waals surface area contributed by atoms with Crippen molar-refractivity contribution in [3.8, 4) is 11.5 Å². The highest BCUT2D eigenvalue weighted by Gasteiger charge is 2.02. The van der Waals surface area contributed by atoms with E-state index in [2.05, 4.69) is 15.3 Å². The van der Waals surface area contributed by atoms with E-state index in [1.807, 2.05) is 31.2 Å². The van der Waals surface area contributed by atoms with Crippen LogP contribution in [0, 0.1) is 6.92 Å². The summed E-state index contributed by atoms with van der Waals surface area (Å²) in [5.41, 5.74) is 2.08. The molecule has 0 amide bonds. The summed E-state index contributed by atoms with van der Waals surface area (Å²) >= 11 is 0. The SMILES string of the molecule is COc1cc(CNCc2ccnc(C)n2)cc(OC)c1. The first-order valence-electron chi connectivity index (χ1n) is 6.42. The van der Waals surface area contributed by atoms with Crippen LogP contribution in [0.15, 0.2) is 30.5 Å². The van der Waals surface area contributed by atoms with Crippen molar-refractivity contribution in [1.82, 2.24) is 15.3 Å². The predicted octanol–water partition coefficient (Wildman–Crippen LogP) is 2.09. The molecule has 0 saturated carbocycles. The van der Waals surface area contributed by atoms with E-state index in [4.69, 9.17) is 9.47 Å². The van der Waals surface area contributed by atoms with Crippen LogP contribution in [0.25, 0.3) is 0 Å². The van der Waals surface area contributed by atoms with E-state index in [9.17, 15) is 0 Å². The van der Waals surface area contributed by atoms with Crippen molar-refractivity contribution in [2.45, 2.75) is 20.0 Å². The zero-order valence-electron chi connectivity index (χ0n) is 12.0. The average molecular weight is 273 g/mol. The maximum atomic E-state index is 5.25. The van der Waals surface area contributed by atoms with Gasteiger partial charge in [0.05, 0.1) is 19.9 Å². The molecule has 1 aromatic carbocycles. The lowest BCUT2D eigenvalue weighted by molar-refractivity contribution is 0.393. The molecule has 5 heteroatoms. The Labute approximate surface area is 119 Å². The van der Waals surface area contributed by atoms with Crippen LogP contribution < -0.4 is 14.8 Å². The number of aromatic nitrogens is 2. The summed E-state index contributed by atoms with van der Waals surface area (Å²) in [7, 11) is 3.30. The van der Waals surface area contributed by atoms with E-state index >= 15 is 0 Å². The minimum absolute atomic E-state index is 0.697. The lowest BCUT2D eigenvalue weighted by Gasteiger charge is -2.09. The fraction of sp³-hybridized carbons (Fsp3) is 0.333. The largest absolute Gasteiger partial charge is 0.497 e. The molecular weight excluding hydrogens is 254 g/mol. The molecule has 0 aliphatic heterocycles. The number of ether oxygens (including phenoxy) is 2.